The molecular weight excluding hydrogens is 394 g/mol. The first kappa shape index (κ1) is 21.8. The fourth-order valence-corrected chi connectivity index (χ4v) is 3.89. The molecule has 5 atom stereocenters. The van der Waals surface area contributed by atoms with Crippen LogP contribution in [0.25, 0.3) is 0 Å². The summed E-state index contributed by atoms with van der Waals surface area (Å²) in [6, 6.07) is 2.58. The number of rotatable bonds is 7. The van der Waals surface area contributed by atoms with E-state index in [-0.39, 0.29) is 5.91 Å². The zero-order valence-electron chi connectivity index (χ0n) is 16.3. The van der Waals surface area contributed by atoms with Gasteiger partial charge in [0.05, 0.1) is 24.2 Å². The highest BCUT2D eigenvalue weighted by Gasteiger charge is 2.51. The van der Waals surface area contributed by atoms with E-state index < -0.39 is 55.3 Å². The number of carbonyl (C=O) groups is 1. The van der Waals surface area contributed by atoms with Crippen LogP contribution < -0.4 is 20.8 Å². The van der Waals surface area contributed by atoms with Crippen molar-refractivity contribution >= 4 is 5.91 Å². The van der Waals surface area contributed by atoms with Gasteiger partial charge in [-0.2, -0.15) is 8.78 Å². The van der Waals surface area contributed by atoms with Crippen LogP contribution in [-0.2, 0) is 4.79 Å². The number of benzene rings is 1. The van der Waals surface area contributed by atoms with E-state index >= 15 is 0 Å². The summed E-state index contributed by atoms with van der Waals surface area (Å²) < 4.78 is 56.8. The molecule has 1 aromatic rings. The zero-order valence-corrected chi connectivity index (χ0v) is 16.3. The molecule has 2 fully saturated rings. The average Bonchev–Trinajstić information content (AvgIpc) is 3.03. The fraction of sp³-hybridized carbons (Fsp3) is 0.611. The minimum atomic E-state index is -3.13. The van der Waals surface area contributed by atoms with Crippen LogP contribution in [0, 0.1) is 11.7 Å². The Labute approximate surface area is 166 Å². The fourth-order valence-electron chi connectivity index (χ4n) is 3.89. The minimum absolute atomic E-state index is 0.285. The molecule has 0 bridgehead atoms. The largest absolute Gasteiger partial charge is 0.432 e. The number of alkyl halides is 3. The SMILES string of the molecule is CCC(c1ccc(OC(F)F)c(F)c1)N1NC(CF)C2C(=O)NC(N(C)C)NC21. The van der Waals surface area contributed by atoms with Crippen LogP contribution in [0.1, 0.15) is 24.9 Å². The molecule has 0 radical (unpaired) electrons. The van der Waals surface area contributed by atoms with Crippen molar-refractivity contribution in [2.45, 2.75) is 44.5 Å². The molecule has 0 saturated carbocycles. The van der Waals surface area contributed by atoms with Crippen molar-refractivity contribution < 1.29 is 27.1 Å². The Balaban J connectivity index is 1.90. The molecule has 2 aliphatic heterocycles. The van der Waals surface area contributed by atoms with Crippen molar-refractivity contribution in [1.82, 2.24) is 26.0 Å². The van der Waals surface area contributed by atoms with Gasteiger partial charge in [-0.25, -0.2) is 19.2 Å². The lowest BCUT2D eigenvalue weighted by Gasteiger charge is -2.41. The van der Waals surface area contributed by atoms with Gasteiger partial charge in [0.25, 0.3) is 0 Å². The third kappa shape index (κ3) is 4.32. The summed E-state index contributed by atoms with van der Waals surface area (Å²) in [6.45, 7) is -2.03. The number of hydrogen-bond acceptors (Lipinski definition) is 6. The van der Waals surface area contributed by atoms with Crippen molar-refractivity contribution in [2.24, 2.45) is 5.92 Å². The molecule has 1 amide bonds. The van der Waals surface area contributed by atoms with Gasteiger partial charge in [0.15, 0.2) is 11.6 Å². The number of carbonyl (C=O) groups excluding carboxylic acids is 1. The molecular formula is C18H25F4N5O2. The van der Waals surface area contributed by atoms with Crippen molar-refractivity contribution in [3.63, 3.8) is 0 Å². The summed E-state index contributed by atoms with van der Waals surface area (Å²) in [5, 5.41) is 7.78. The topological polar surface area (TPSA) is 68.9 Å². The van der Waals surface area contributed by atoms with Crippen molar-refractivity contribution in [3.05, 3.63) is 29.6 Å². The third-order valence-electron chi connectivity index (χ3n) is 5.26. The Bertz CT molecular complexity index is 738. The number of nitrogens with one attached hydrogen (secondary N) is 3. The Morgan fingerprint density at radius 3 is 2.59 bits per heavy atom. The maximum Gasteiger partial charge on any atom is 0.387 e. The first-order chi connectivity index (χ1) is 13.8. The maximum atomic E-state index is 14.3. The lowest BCUT2D eigenvalue weighted by atomic mass is 9.95. The van der Waals surface area contributed by atoms with E-state index in [9.17, 15) is 22.4 Å². The van der Waals surface area contributed by atoms with Gasteiger partial charge in [-0.15, -0.1) is 0 Å². The van der Waals surface area contributed by atoms with Crippen LogP contribution >= 0.6 is 0 Å². The molecule has 162 valence electrons. The van der Waals surface area contributed by atoms with Crippen molar-refractivity contribution in [1.29, 1.82) is 0 Å². The molecule has 2 saturated heterocycles. The molecule has 5 unspecified atom stereocenters. The lowest BCUT2D eigenvalue weighted by molar-refractivity contribution is -0.133. The number of hydrogen-bond donors (Lipinski definition) is 3. The molecule has 11 heteroatoms. The van der Waals surface area contributed by atoms with E-state index in [4.69, 9.17) is 0 Å². The number of fused-ring (bicyclic) bond motifs is 1. The van der Waals surface area contributed by atoms with E-state index in [0.717, 1.165) is 12.1 Å². The summed E-state index contributed by atoms with van der Waals surface area (Å²) >= 11 is 0. The maximum absolute atomic E-state index is 14.3. The molecule has 0 spiro atoms. The standard InChI is InChI=1S/C18H25F4N5O2/c1-4-12(9-5-6-13(10(20)7-9)29-17(21)22)27-15-14(11(8-19)25-27)16(28)24-18(23-15)26(2)3/h5-7,11-12,14-15,17-18,23,25H,4,8H2,1-3H3,(H,24,28). The van der Waals surface area contributed by atoms with E-state index in [1.807, 2.05) is 6.92 Å². The summed E-state index contributed by atoms with van der Waals surface area (Å²) in [5.41, 5.74) is 3.52. The van der Waals surface area contributed by atoms with Gasteiger partial charge in [-0.1, -0.05) is 13.0 Å². The van der Waals surface area contributed by atoms with Crippen molar-refractivity contribution in [3.8, 4) is 5.75 Å². The average molecular weight is 419 g/mol. The van der Waals surface area contributed by atoms with Crippen LogP contribution in [0.2, 0.25) is 0 Å². The van der Waals surface area contributed by atoms with Gasteiger partial charge in [0, 0.05) is 0 Å². The highest BCUT2D eigenvalue weighted by atomic mass is 19.3. The molecule has 2 aliphatic rings. The first-order valence-corrected chi connectivity index (χ1v) is 9.34. The summed E-state index contributed by atoms with van der Waals surface area (Å²) in [5.74, 6) is -2.43. The van der Waals surface area contributed by atoms with Gasteiger partial charge in [0.1, 0.15) is 13.0 Å². The molecule has 29 heavy (non-hydrogen) atoms. The monoisotopic (exact) mass is 419 g/mol. The van der Waals surface area contributed by atoms with E-state index in [0.29, 0.717) is 12.0 Å². The van der Waals surface area contributed by atoms with Gasteiger partial charge in [0.2, 0.25) is 5.91 Å². The van der Waals surface area contributed by atoms with Crippen LogP contribution in [0.3, 0.4) is 0 Å². The number of nitrogens with zero attached hydrogens (tertiary/aromatic N) is 2. The molecule has 7 nitrogen and oxygen atoms in total. The second kappa shape index (κ2) is 8.82. The highest BCUT2D eigenvalue weighted by molar-refractivity contribution is 5.81. The van der Waals surface area contributed by atoms with Gasteiger partial charge >= 0.3 is 6.61 Å². The van der Waals surface area contributed by atoms with Crippen LogP contribution in [0.15, 0.2) is 18.2 Å². The van der Waals surface area contributed by atoms with Gasteiger partial charge in [-0.3, -0.25) is 15.0 Å². The van der Waals surface area contributed by atoms with Crippen LogP contribution in [0.4, 0.5) is 17.6 Å². The molecule has 3 rings (SSSR count). The number of amides is 1. The molecule has 3 N–H and O–H groups in total. The Hall–Kier alpha value is -1.95. The quantitative estimate of drug-likeness (QED) is 0.583. The molecule has 1 aromatic carbocycles. The highest BCUT2D eigenvalue weighted by Crippen LogP contribution is 2.35. The second-order valence-corrected chi connectivity index (χ2v) is 7.30. The first-order valence-electron chi connectivity index (χ1n) is 9.34. The van der Waals surface area contributed by atoms with Gasteiger partial charge in [-0.05, 0) is 38.2 Å². The Kier molecular flexibility index (Phi) is 6.62. The smallest absolute Gasteiger partial charge is 0.387 e. The van der Waals surface area contributed by atoms with Crippen LogP contribution in [-0.4, -0.2) is 61.7 Å². The summed E-state index contributed by atoms with van der Waals surface area (Å²) in [4.78, 5) is 14.4. The normalized spacial score (nSPS) is 28.5. The Morgan fingerprint density at radius 2 is 2.03 bits per heavy atom. The minimum Gasteiger partial charge on any atom is -0.432 e. The van der Waals surface area contributed by atoms with Crippen molar-refractivity contribution in [2.75, 3.05) is 20.8 Å². The summed E-state index contributed by atoms with van der Waals surface area (Å²) in [6.07, 6.45) is -0.496. The second-order valence-electron chi connectivity index (χ2n) is 7.30. The molecule has 2 heterocycles. The molecule has 0 aromatic heterocycles. The van der Waals surface area contributed by atoms with E-state index in [2.05, 4.69) is 20.8 Å². The van der Waals surface area contributed by atoms with Gasteiger partial charge < -0.3 is 10.1 Å². The predicted molar refractivity (Wildman–Crippen MR) is 96.8 cm³/mol. The van der Waals surface area contributed by atoms with E-state index in [1.54, 1.807) is 24.0 Å². The molecule has 0 aliphatic carbocycles. The van der Waals surface area contributed by atoms with Crippen LogP contribution in [0.5, 0.6) is 5.75 Å². The number of ether oxygens (including phenoxy) is 1. The van der Waals surface area contributed by atoms with E-state index in [1.165, 1.54) is 6.07 Å². The number of halogens is 4. The predicted octanol–water partition coefficient (Wildman–Crippen LogP) is 1.54. The summed E-state index contributed by atoms with van der Waals surface area (Å²) in [7, 11) is 3.57. The Morgan fingerprint density at radius 1 is 1.31 bits per heavy atom. The zero-order chi connectivity index (χ0) is 21.3. The number of hydrazine groups is 1. The third-order valence-corrected chi connectivity index (χ3v) is 5.26. The lowest BCUT2D eigenvalue weighted by Crippen LogP contribution is -2.68.